The van der Waals surface area contributed by atoms with Crippen LogP contribution in [0.3, 0.4) is 0 Å². The van der Waals surface area contributed by atoms with Gasteiger partial charge in [0.15, 0.2) is 0 Å². The van der Waals surface area contributed by atoms with Crippen molar-refractivity contribution in [3.8, 4) is 0 Å². The minimum Gasteiger partial charge on any atom is -0.359 e. The predicted octanol–water partition coefficient (Wildman–Crippen LogP) is 2.76. The first-order chi connectivity index (χ1) is 6.36. The van der Waals surface area contributed by atoms with E-state index in [4.69, 9.17) is 0 Å². The van der Waals surface area contributed by atoms with Gasteiger partial charge >= 0.3 is 0 Å². The van der Waals surface area contributed by atoms with Gasteiger partial charge < -0.3 is 9.80 Å². The van der Waals surface area contributed by atoms with E-state index in [0.29, 0.717) is 0 Å². The second-order valence-electron chi connectivity index (χ2n) is 3.39. The Bertz CT molecular complexity index is 185. The zero-order valence-corrected chi connectivity index (χ0v) is 8.74. The number of nitrogens with zero attached hydrogens (tertiary/aromatic N) is 2. The van der Waals surface area contributed by atoms with Gasteiger partial charge in [-0.15, -0.1) is 0 Å². The summed E-state index contributed by atoms with van der Waals surface area (Å²) in [7, 11) is 0. The lowest BCUT2D eigenvalue weighted by molar-refractivity contribution is 0.327. The molecule has 74 valence electrons. The molecule has 13 heavy (non-hydrogen) atoms. The standard InChI is InChI=1S/C11H20N2/c1-3-5-6-7-8-13-10-9-12(4-2)11-13/h7-10H,3-6,11H2,1-2H3. The largest absolute Gasteiger partial charge is 0.359 e. The molecule has 0 fully saturated rings. The number of unbranched alkanes of at least 4 members (excludes halogenated alkanes) is 2. The van der Waals surface area contributed by atoms with E-state index in [2.05, 4.69) is 48.3 Å². The second kappa shape index (κ2) is 5.68. The summed E-state index contributed by atoms with van der Waals surface area (Å²) in [6.45, 7) is 6.51. The maximum absolute atomic E-state index is 2.28. The molecule has 0 N–H and O–H groups in total. The van der Waals surface area contributed by atoms with Crippen LogP contribution in [0.2, 0.25) is 0 Å². The first-order valence-electron chi connectivity index (χ1n) is 5.21. The molecule has 0 spiro atoms. The molecule has 1 heterocycles. The summed E-state index contributed by atoms with van der Waals surface area (Å²) in [6, 6.07) is 0. The van der Waals surface area contributed by atoms with E-state index in [1.54, 1.807) is 0 Å². The van der Waals surface area contributed by atoms with Crippen molar-refractivity contribution in [3.05, 3.63) is 24.7 Å². The molecule has 1 rings (SSSR count). The number of allylic oxidation sites excluding steroid dienone is 1. The van der Waals surface area contributed by atoms with Crippen LogP contribution in [0.15, 0.2) is 24.7 Å². The first-order valence-corrected chi connectivity index (χ1v) is 5.21. The molecule has 2 nitrogen and oxygen atoms in total. The van der Waals surface area contributed by atoms with Crippen LogP contribution in [0.4, 0.5) is 0 Å². The molecule has 0 atom stereocenters. The van der Waals surface area contributed by atoms with E-state index in [0.717, 1.165) is 13.2 Å². The van der Waals surface area contributed by atoms with Gasteiger partial charge in [0.05, 0.1) is 6.67 Å². The zero-order valence-electron chi connectivity index (χ0n) is 8.74. The highest BCUT2D eigenvalue weighted by Crippen LogP contribution is 2.06. The molecule has 1 aliphatic rings. The quantitative estimate of drug-likeness (QED) is 0.600. The molecule has 0 unspecified atom stereocenters. The Morgan fingerprint density at radius 3 is 2.77 bits per heavy atom. The van der Waals surface area contributed by atoms with Crippen molar-refractivity contribution in [1.29, 1.82) is 0 Å². The van der Waals surface area contributed by atoms with E-state index in [9.17, 15) is 0 Å². The van der Waals surface area contributed by atoms with E-state index >= 15 is 0 Å². The van der Waals surface area contributed by atoms with Crippen molar-refractivity contribution in [3.63, 3.8) is 0 Å². The minimum absolute atomic E-state index is 1.01. The van der Waals surface area contributed by atoms with Crippen LogP contribution in [0.1, 0.15) is 33.1 Å². The lowest BCUT2D eigenvalue weighted by atomic mass is 10.2. The summed E-state index contributed by atoms with van der Waals surface area (Å²) < 4.78 is 0. The molecular weight excluding hydrogens is 160 g/mol. The van der Waals surface area contributed by atoms with Gasteiger partial charge in [-0.3, -0.25) is 0 Å². The Kier molecular flexibility index (Phi) is 4.44. The topological polar surface area (TPSA) is 6.48 Å². The SMILES string of the molecule is CCCCC=CN1C=CN(CC)C1. The average Bonchev–Trinajstić information content (AvgIpc) is 2.60. The molecule has 0 radical (unpaired) electrons. The normalized spacial score (nSPS) is 16.5. The summed E-state index contributed by atoms with van der Waals surface area (Å²) in [5.74, 6) is 0. The smallest absolute Gasteiger partial charge is 0.0935 e. The van der Waals surface area contributed by atoms with Gasteiger partial charge in [0.25, 0.3) is 0 Å². The number of rotatable bonds is 5. The van der Waals surface area contributed by atoms with E-state index in [-0.39, 0.29) is 0 Å². The molecule has 2 heteroatoms. The van der Waals surface area contributed by atoms with Crippen LogP contribution in [0.5, 0.6) is 0 Å². The fourth-order valence-corrected chi connectivity index (χ4v) is 1.32. The molecule has 0 saturated heterocycles. The van der Waals surface area contributed by atoms with Gasteiger partial charge in [-0.2, -0.15) is 0 Å². The first kappa shape index (κ1) is 10.2. The van der Waals surface area contributed by atoms with Gasteiger partial charge in [-0.1, -0.05) is 25.8 Å². The van der Waals surface area contributed by atoms with Crippen LogP contribution in [-0.4, -0.2) is 23.0 Å². The molecule has 0 aromatic rings. The molecule has 0 saturated carbocycles. The van der Waals surface area contributed by atoms with Gasteiger partial charge in [-0.25, -0.2) is 0 Å². The van der Waals surface area contributed by atoms with Crippen molar-refractivity contribution in [2.24, 2.45) is 0 Å². The zero-order chi connectivity index (χ0) is 9.52. The summed E-state index contributed by atoms with van der Waals surface area (Å²) in [4.78, 5) is 4.50. The van der Waals surface area contributed by atoms with E-state index < -0.39 is 0 Å². The average molecular weight is 180 g/mol. The van der Waals surface area contributed by atoms with E-state index in [1.807, 2.05) is 0 Å². The number of hydrogen-bond donors (Lipinski definition) is 0. The molecule has 0 bridgehead atoms. The van der Waals surface area contributed by atoms with Crippen LogP contribution in [-0.2, 0) is 0 Å². The maximum atomic E-state index is 2.28. The highest BCUT2D eigenvalue weighted by molar-refractivity contribution is 4.97. The fraction of sp³-hybridized carbons (Fsp3) is 0.636. The van der Waals surface area contributed by atoms with Crippen LogP contribution in [0, 0.1) is 0 Å². The Balaban J connectivity index is 2.17. The van der Waals surface area contributed by atoms with Crippen LogP contribution in [0.25, 0.3) is 0 Å². The molecule has 1 aliphatic heterocycles. The Hall–Kier alpha value is -0.920. The molecular formula is C11H20N2. The van der Waals surface area contributed by atoms with Crippen molar-refractivity contribution >= 4 is 0 Å². The molecule has 0 aromatic carbocycles. The Morgan fingerprint density at radius 1 is 1.31 bits per heavy atom. The summed E-state index contributed by atoms with van der Waals surface area (Å²) in [6.07, 6.45) is 12.5. The molecule has 0 aromatic heterocycles. The molecule has 0 amide bonds. The third-order valence-electron chi connectivity index (χ3n) is 2.24. The summed E-state index contributed by atoms with van der Waals surface area (Å²) in [5.41, 5.74) is 0. The van der Waals surface area contributed by atoms with Crippen molar-refractivity contribution in [1.82, 2.24) is 9.80 Å². The Labute approximate surface area is 81.5 Å². The Morgan fingerprint density at radius 2 is 2.15 bits per heavy atom. The van der Waals surface area contributed by atoms with Crippen molar-refractivity contribution < 1.29 is 0 Å². The van der Waals surface area contributed by atoms with Gasteiger partial charge in [0.1, 0.15) is 0 Å². The third kappa shape index (κ3) is 3.53. The summed E-state index contributed by atoms with van der Waals surface area (Å²) >= 11 is 0. The van der Waals surface area contributed by atoms with Gasteiger partial charge in [-0.05, 0) is 13.3 Å². The third-order valence-corrected chi connectivity index (χ3v) is 2.24. The highest BCUT2D eigenvalue weighted by Gasteiger charge is 2.05. The maximum Gasteiger partial charge on any atom is 0.0935 e. The van der Waals surface area contributed by atoms with Gasteiger partial charge in [0.2, 0.25) is 0 Å². The van der Waals surface area contributed by atoms with Gasteiger partial charge in [0, 0.05) is 25.1 Å². The predicted molar refractivity (Wildman–Crippen MR) is 56.9 cm³/mol. The van der Waals surface area contributed by atoms with Crippen LogP contribution >= 0.6 is 0 Å². The van der Waals surface area contributed by atoms with Crippen molar-refractivity contribution in [2.45, 2.75) is 33.1 Å². The molecule has 0 aliphatic carbocycles. The monoisotopic (exact) mass is 180 g/mol. The van der Waals surface area contributed by atoms with Crippen molar-refractivity contribution in [2.75, 3.05) is 13.2 Å². The lowest BCUT2D eigenvalue weighted by Gasteiger charge is -2.16. The van der Waals surface area contributed by atoms with Crippen LogP contribution < -0.4 is 0 Å². The lowest BCUT2D eigenvalue weighted by Crippen LogP contribution is -2.21. The van der Waals surface area contributed by atoms with E-state index in [1.165, 1.54) is 19.3 Å². The fourth-order valence-electron chi connectivity index (χ4n) is 1.32. The highest BCUT2D eigenvalue weighted by atomic mass is 15.3. The second-order valence-corrected chi connectivity index (χ2v) is 3.39. The summed E-state index contributed by atoms with van der Waals surface area (Å²) in [5, 5.41) is 0. The number of hydrogen-bond acceptors (Lipinski definition) is 2. The minimum atomic E-state index is 1.01.